The first-order valence-electron chi connectivity index (χ1n) is 8.55. The Balaban J connectivity index is 2.13. The monoisotopic (exact) mass is 320 g/mol. The van der Waals surface area contributed by atoms with Gasteiger partial charge in [0.1, 0.15) is 0 Å². The molecule has 0 spiro atoms. The fourth-order valence-corrected chi connectivity index (χ4v) is 2.91. The molecule has 0 saturated carbocycles. The number of aryl methyl sites for hydroxylation is 2. The molecule has 0 aliphatic carbocycles. The lowest BCUT2D eigenvalue weighted by atomic mass is 10.0. The number of hydrogen-bond donors (Lipinski definition) is 1. The van der Waals surface area contributed by atoms with E-state index in [9.17, 15) is 5.11 Å². The van der Waals surface area contributed by atoms with Crippen LogP contribution in [0.4, 0.5) is 0 Å². The van der Waals surface area contributed by atoms with Crippen LogP contribution in [0.1, 0.15) is 36.5 Å². The minimum absolute atomic E-state index is 0.254. The van der Waals surface area contributed by atoms with E-state index in [1.807, 2.05) is 31.2 Å². The van der Waals surface area contributed by atoms with Crippen LogP contribution < -0.4 is 0 Å². The van der Waals surface area contributed by atoms with Gasteiger partial charge in [0.05, 0.1) is 11.4 Å². The highest BCUT2D eigenvalue weighted by Crippen LogP contribution is 2.33. The average molecular weight is 320 g/mol. The predicted octanol–water partition coefficient (Wildman–Crippen LogP) is 5.20. The third-order valence-electron chi connectivity index (χ3n) is 4.31. The highest BCUT2D eigenvalue weighted by Gasteiger charge is 2.19. The van der Waals surface area contributed by atoms with Crippen molar-refractivity contribution in [3.05, 3.63) is 65.2 Å². The number of hydrogen-bond acceptors (Lipinski definition) is 2. The number of benzene rings is 2. The maximum atomic E-state index is 10.8. The normalized spacial score (nSPS) is 11.0. The SMILES string of the molecule is CCCCc1c(-c2ccc(C)cc2)nn(-c2cccc(C)c2)c1O. The summed E-state index contributed by atoms with van der Waals surface area (Å²) in [6, 6.07) is 16.4. The van der Waals surface area contributed by atoms with Crippen LogP contribution in [0.15, 0.2) is 48.5 Å². The summed E-state index contributed by atoms with van der Waals surface area (Å²) >= 11 is 0. The highest BCUT2D eigenvalue weighted by molar-refractivity contribution is 5.66. The van der Waals surface area contributed by atoms with E-state index in [-0.39, 0.29) is 5.88 Å². The quantitative estimate of drug-likeness (QED) is 0.701. The van der Waals surface area contributed by atoms with E-state index in [0.717, 1.165) is 47.3 Å². The second kappa shape index (κ2) is 6.91. The number of unbranched alkanes of at least 4 members (excludes halogenated alkanes) is 1. The molecule has 0 bridgehead atoms. The molecule has 3 aromatic rings. The van der Waals surface area contributed by atoms with Crippen molar-refractivity contribution in [1.29, 1.82) is 0 Å². The van der Waals surface area contributed by atoms with Gasteiger partial charge in [-0.15, -0.1) is 0 Å². The summed E-state index contributed by atoms with van der Waals surface area (Å²) < 4.78 is 1.66. The van der Waals surface area contributed by atoms with E-state index in [1.165, 1.54) is 5.56 Å². The van der Waals surface area contributed by atoms with Gasteiger partial charge in [0.2, 0.25) is 5.88 Å². The lowest BCUT2D eigenvalue weighted by Crippen LogP contribution is -1.96. The van der Waals surface area contributed by atoms with E-state index >= 15 is 0 Å². The molecule has 24 heavy (non-hydrogen) atoms. The Bertz CT molecular complexity index is 832. The Labute approximate surface area is 143 Å². The van der Waals surface area contributed by atoms with Gasteiger partial charge >= 0.3 is 0 Å². The number of aromatic nitrogens is 2. The van der Waals surface area contributed by atoms with Gasteiger partial charge in [-0.05, 0) is 44.4 Å². The third kappa shape index (κ3) is 3.21. The van der Waals surface area contributed by atoms with E-state index in [1.54, 1.807) is 4.68 Å². The Morgan fingerprint density at radius 2 is 1.75 bits per heavy atom. The molecule has 3 nitrogen and oxygen atoms in total. The standard InChI is InChI=1S/C21H24N2O/c1-4-5-9-19-20(17-12-10-15(2)11-13-17)22-23(21(19)24)18-8-6-7-16(3)14-18/h6-8,10-14,24H,4-5,9H2,1-3H3. The smallest absolute Gasteiger partial charge is 0.218 e. The molecule has 0 aliphatic heterocycles. The molecule has 0 aliphatic rings. The predicted molar refractivity (Wildman–Crippen MR) is 98.8 cm³/mol. The van der Waals surface area contributed by atoms with E-state index in [0.29, 0.717) is 0 Å². The molecule has 1 heterocycles. The summed E-state index contributed by atoms with van der Waals surface area (Å²) in [5.41, 5.74) is 6.12. The molecule has 0 unspecified atom stereocenters. The van der Waals surface area contributed by atoms with E-state index in [4.69, 9.17) is 5.10 Å². The van der Waals surface area contributed by atoms with E-state index in [2.05, 4.69) is 38.1 Å². The van der Waals surface area contributed by atoms with Crippen LogP contribution in [-0.2, 0) is 6.42 Å². The lowest BCUT2D eigenvalue weighted by Gasteiger charge is -2.04. The zero-order valence-electron chi connectivity index (χ0n) is 14.6. The second-order valence-corrected chi connectivity index (χ2v) is 6.37. The Morgan fingerprint density at radius 3 is 2.42 bits per heavy atom. The van der Waals surface area contributed by atoms with Crippen LogP contribution in [0.25, 0.3) is 16.9 Å². The molecule has 0 fully saturated rings. The lowest BCUT2D eigenvalue weighted by molar-refractivity contribution is 0.427. The van der Waals surface area contributed by atoms with Crippen LogP contribution >= 0.6 is 0 Å². The van der Waals surface area contributed by atoms with Gasteiger partial charge in [-0.25, -0.2) is 4.68 Å². The van der Waals surface area contributed by atoms with Crippen molar-refractivity contribution < 1.29 is 5.11 Å². The average Bonchev–Trinajstić information content (AvgIpc) is 2.90. The van der Waals surface area contributed by atoms with Crippen LogP contribution in [-0.4, -0.2) is 14.9 Å². The van der Waals surface area contributed by atoms with Gasteiger partial charge < -0.3 is 5.11 Å². The number of nitrogens with zero attached hydrogens (tertiary/aromatic N) is 2. The summed E-state index contributed by atoms with van der Waals surface area (Å²) in [6.45, 7) is 6.28. The van der Waals surface area contributed by atoms with Crippen molar-refractivity contribution in [3.8, 4) is 22.8 Å². The molecule has 0 atom stereocenters. The van der Waals surface area contributed by atoms with Crippen molar-refractivity contribution >= 4 is 0 Å². The van der Waals surface area contributed by atoms with E-state index < -0.39 is 0 Å². The minimum Gasteiger partial charge on any atom is -0.493 e. The van der Waals surface area contributed by atoms with Crippen molar-refractivity contribution in [2.24, 2.45) is 0 Å². The van der Waals surface area contributed by atoms with Gasteiger partial charge in [0.15, 0.2) is 0 Å². The fraction of sp³-hybridized carbons (Fsp3) is 0.286. The largest absolute Gasteiger partial charge is 0.493 e. The maximum absolute atomic E-state index is 10.8. The summed E-state index contributed by atoms with van der Waals surface area (Å²) in [5.74, 6) is 0.254. The van der Waals surface area contributed by atoms with Crippen molar-refractivity contribution in [2.45, 2.75) is 40.0 Å². The molecule has 0 saturated heterocycles. The molecule has 3 heteroatoms. The summed E-state index contributed by atoms with van der Waals surface area (Å²) in [7, 11) is 0. The third-order valence-corrected chi connectivity index (χ3v) is 4.31. The Kier molecular flexibility index (Phi) is 4.70. The molecule has 124 valence electrons. The van der Waals surface area contributed by atoms with Crippen LogP contribution in [0, 0.1) is 13.8 Å². The molecular formula is C21H24N2O. The first kappa shape index (κ1) is 16.3. The molecular weight excluding hydrogens is 296 g/mol. The molecule has 3 rings (SSSR count). The highest BCUT2D eigenvalue weighted by atomic mass is 16.3. The van der Waals surface area contributed by atoms with Crippen molar-refractivity contribution in [1.82, 2.24) is 9.78 Å². The van der Waals surface area contributed by atoms with Gasteiger partial charge in [-0.1, -0.05) is 55.3 Å². The minimum atomic E-state index is 0.254. The maximum Gasteiger partial charge on any atom is 0.218 e. The molecule has 1 N–H and O–H groups in total. The molecule has 0 amide bonds. The zero-order valence-corrected chi connectivity index (χ0v) is 14.6. The Morgan fingerprint density at radius 1 is 1.00 bits per heavy atom. The van der Waals surface area contributed by atoms with Crippen molar-refractivity contribution in [2.75, 3.05) is 0 Å². The topological polar surface area (TPSA) is 38.0 Å². The van der Waals surface area contributed by atoms with Gasteiger partial charge in [0, 0.05) is 11.1 Å². The molecule has 0 radical (unpaired) electrons. The summed E-state index contributed by atoms with van der Waals surface area (Å²) in [4.78, 5) is 0. The van der Waals surface area contributed by atoms with Crippen molar-refractivity contribution in [3.63, 3.8) is 0 Å². The zero-order chi connectivity index (χ0) is 17.1. The summed E-state index contributed by atoms with van der Waals surface area (Å²) in [6.07, 6.45) is 2.95. The summed E-state index contributed by atoms with van der Waals surface area (Å²) in [5, 5.41) is 15.5. The first-order chi connectivity index (χ1) is 11.6. The van der Waals surface area contributed by atoms with Gasteiger partial charge in [-0.3, -0.25) is 0 Å². The second-order valence-electron chi connectivity index (χ2n) is 6.37. The number of aromatic hydroxyl groups is 1. The van der Waals surface area contributed by atoms with Crippen LogP contribution in [0.3, 0.4) is 0 Å². The van der Waals surface area contributed by atoms with Crippen LogP contribution in [0.5, 0.6) is 5.88 Å². The van der Waals surface area contributed by atoms with Crippen LogP contribution in [0.2, 0.25) is 0 Å². The Hall–Kier alpha value is -2.55. The fourth-order valence-electron chi connectivity index (χ4n) is 2.91. The first-order valence-corrected chi connectivity index (χ1v) is 8.55. The molecule has 1 aromatic heterocycles. The number of rotatable bonds is 5. The molecule has 2 aromatic carbocycles. The van der Waals surface area contributed by atoms with Gasteiger partial charge in [0.25, 0.3) is 0 Å². The van der Waals surface area contributed by atoms with Gasteiger partial charge in [-0.2, -0.15) is 5.10 Å².